The van der Waals surface area contributed by atoms with Gasteiger partial charge in [0.05, 0.1) is 35.8 Å². The molecule has 0 bridgehead atoms. The normalized spacial score (nSPS) is 14.5. The predicted octanol–water partition coefficient (Wildman–Crippen LogP) is 4.03. The fourth-order valence-corrected chi connectivity index (χ4v) is 3.02. The van der Waals surface area contributed by atoms with Crippen LogP contribution in [0.4, 0.5) is 13.2 Å². The first kappa shape index (κ1) is 21.7. The van der Waals surface area contributed by atoms with E-state index in [-0.39, 0.29) is 0 Å². The van der Waals surface area contributed by atoms with Gasteiger partial charge < -0.3 is 5.11 Å². The number of aliphatic carboxylic acids is 1. The van der Waals surface area contributed by atoms with Crippen LogP contribution in [0.3, 0.4) is 0 Å². The fourth-order valence-electron chi connectivity index (χ4n) is 3.02. The van der Waals surface area contributed by atoms with Crippen LogP contribution in [0.5, 0.6) is 0 Å². The number of hydrogen-bond donors (Lipinski definition) is 1. The maximum Gasteiger partial charge on any atom is 0.490 e. The van der Waals surface area contributed by atoms with Crippen molar-refractivity contribution in [3.8, 4) is 11.8 Å². The summed E-state index contributed by atoms with van der Waals surface area (Å²) in [7, 11) is 0. The average molecular weight is 427 g/mol. The number of aryl methyl sites for hydroxylation is 1. The average Bonchev–Trinajstić information content (AvgIpc) is 3.37. The number of hydrogen-bond acceptors (Lipinski definition) is 5. The van der Waals surface area contributed by atoms with Crippen LogP contribution in [0, 0.1) is 18.3 Å². The Bertz CT molecular complexity index is 1180. The fraction of sp³-hybridized carbons (Fsp3) is 0.190. The largest absolute Gasteiger partial charge is 0.490 e. The van der Waals surface area contributed by atoms with E-state index < -0.39 is 12.1 Å². The first-order valence-electron chi connectivity index (χ1n) is 9.03. The third kappa shape index (κ3) is 4.95. The number of alkyl halides is 3. The molecule has 3 heterocycles. The molecular weight excluding hydrogens is 411 g/mol. The van der Waals surface area contributed by atoms with E-state index in [4.69, 9.17) is 15.2 Å². The van der Waals surface area contributed by atoms with E-state index in [1.165, 1.54) is 0 Å². The third-order valence-corrected chi connectivity index (χ3v) is 4.43. The molecule has 158 valence electrons. The second kappa shape index (κ2) is 8.79. The minimum atomic E-state index is -5.08. The van der Waals surface area contributed by atoms with Gasteiger partial charge in [-0.2, -0.15) is 23.5 Å². The van der Waals surface area contributed by atoms with Gasteiger partial charge >= 0.3 is 12.1 Å². The zero-order valence-electron chi connectivity index (χ0n) is 16.3. The SMILES string of the molecule is Cc1cc(CC#N)ccc1-n1cc(C2=C3C=CN=C3CC=N2)cn1.O=C(O)C(F)(F)F. The van der Waals surface area contributed by atoms with Crippen LogP contribution in [-0.2, 0) is 11.2 Å². The van der Waals surface area contributed by atoms with Crippen molar-refractivity contribution in [1.82, 2.24) is 9.78 Å². The molecule has 31 heavy (non-hydrogen) atoms. The van der Waals surface area contributed by atoms with Gasteiger partial charge in [-0.05, 0) is 30.2 Å². The molecule has 0 aliphatic carbocycles. The lowest BCUT2D eigenvalue weighted by atomic mass is 10.0. The summed E-state index contributed by atoms with van der Waals surface area (Å²) >= 11 is 0. The van der Waals surface area contributed by atoms with Crippen LogP contribution in [0.25, 0.3) is 11.4 Å². The summed E-state index contributed by atoms with van der Waals surface area (Å²) in [5.74, 6) is -2.76. The first-order valence-corrected chi connectivity index (χ1v) is 9.03. The Hall–Kier alpha value is -4.00. The van der Waals surface area contributed by atoms with Gasteiger partial charge in [-0.15, -0.1) is 0 Å². The Labute approximate surface area is 175 Å². The number of halogens is 3. The second-order valence-corrected chi connectivity index (χ2v) is 6.60. The van der Waals surface area contributed by atoms with E-state index in [2.05, 4.69) is 21.2 Å². The molecule has 0 atom stereocenters. The number of fused-ring (bicyclic) bond motifs is 1. The Morgan fingerprint density at radius 2 is 2.10 bits per heavy atom. The second-order valence-electron chi connectivity index (χ2n) is 6.60. The van der Waals surface area contributed by atoms with E-state index in [1.54, 1.807) is 0 Å². The summed E-state index contributed by atoms with van der Waals surface area (Å²) in [6, 6.07) is 8.18. The topological polar surface area (TPSA) is 104 Å². The zero-order valence-corrected chi connectivity index (χ0v) is 16.3. The van der Waals surface area contributed by atoms with Crippen LogP contribution in [0.15, 0.2) is 58.4 Å². The Morgan fingerprint density at radius 1 is 1.35 bits per heavy atom. The van der Waals surface area contributed by atoms with Crippen LogP contribution in [0.1, 0.15) is 23.1 Å². The number of carbonyl (C=O) groups is 1. The number of benzene rings is 1. The number of aromatic nitrogens is 2. The summed E-state index contributed by atoms with van der Waals surface area (Å²) in [6.07, 6.45) is 5.65. The molecule has 4 rings (SSSR count). The molecule has 0 radical (unpaired) electrons. The van der Waals surface area contributed by atoms with Gasteiger partial charge in [0.25, 0.3) is 0 Å². The van der Waals surface area contributed by atoms with Gasteiger partial charge in [0.2, 0.25) is 0 Å². The first-order chi connectivity index (χ1) is 14.7. The smallest absolute Gasteiger partial charge is 0.475 e. The number of rotatable bonds is 3. The summed E-state index contributed by atoms with van der Waals surface area (Å²) in [5, 5.41) is 20.4. The molecule has 10 heteroatoms. The van der Waals surface area contributed by atoms with Gasteiger partial charge in [-0.3, -0.25) is 9.98 Å². The van der Waals surface area contributed by atoms with E-state index in [0.29, 0.717) is 6.42 Å². The molecule has 1 aromatic heterocycles. The Morgan fingerprint density at radius 3 is 2.74 bits per heavy atom. The summed E-state index contributed by atoms with van der Waals surface area (Å²) in [5.41, 5.74) is 7.14. The van der Waals surface area contributed by atoms with Gasteiger partial charge in [0.1, 0.15) is 0 Å². The molecule has 7 nitrogen and oxygen atoms in total. The number of nitrogens with zero attached hydrogens (tertiary/aromatic N) is 5. The van der Waals surface area contributed by atoms with Crippen molar-refractivity contribution in [2.24, 2.45) is 9.98 Å². The van der Waals surface area contributed by atoms with E-state index in [0.717, 1.165) is 45.8 Å². The molecule has 0 saturated carbocycles. The van der Waals surface area contributed by atoms with Crippen molar-refractivity contribution in [3.63, 3.8) is 0 Å². The van der Waals surface area contributed by atoms with Crippen molar-refractivity contribution in [2.45, 2.75) is 25.9 Å². The highest BCUT2D eigenvalue weighted by atomic mass is 19.4. The molecule has 0 spiro atoms. The molecule has 0 fully saturated rings. The van der Waals surface area contributed by atoms with Crippen molar-refractivity contribution >= 4 is 23.6 Å². The quantitative estimate of drug-likeness (QED) is 0.799. The van der Waals surface area contributed by atoms with E-state index >= 15 is 0 Å². The monoisotopic (exact) mass is 427 g/mol. The van der Waals surface area contributed by atoms with Gasteiger partial charge in [-0.1, -0.05) is 12.1 Å². The molecule has 2 aromatic rings. The molecule has 0 unspecified atom stereocenters. The highest BCUT2D eigenvalue weighted by Gasteiger charge is 2.38. The molecule has 1 aromatic carbocycles. The third-order valence-electron chi connectivity index (χ3n) is 4.43. The number of nitriles is 1. The molecule has 1 N–H and O–H groups in total. The van der Waals surface area contributed by atoms with Crippen LogP contribution in [0.2, 0.25) is 0 Å². The number of aliphatic imine (C=N–C) groups is 2. The maximum absolute atomic E-state index is 10.6. The van der Waals surface area contributed by atoms with Crippen molar-refractivity contribution in [1.29, 1.82) is 5.26 Å². The number of carboxylic acid groups (broad SMARTS) is 1. The lowest BCUT2D eigenvalue weighted by Crippen LogP contribution is -2.21. The number of carboxylic acids is 1. The lowest BCUT2D eigenvalue weighted by Gasteiger charge is -2.10. The zero-order chi connectivity index (χ0) is 22.6. The van der Waals surface area contributed by atoms with Gasteiger partial charge in [0, 0.05) is 36.2 Å². The highest BCUT2D eigenvalue weighted by Crippen LogP contribution is 2.29. The maximum atomic E-state index is 10.6. The van der Waals surface area contributed by atoms with Crippen molar-refractivity contribution in [3.05, 3.63) is 65.1 Å². The minimum Gasteiger partial charge on any atom is -0.475 e. The van der Waals surface area contributed by atoms with E-state index in [1.807, 2.05) is 60.7 Å². The number of allylic oxidation sites excluding steroid dienone is 2. The van der Waals surface area contributed by atoms with Crippen molar-refractivity contribution in [2.75, 3.05) is 0 Å². The van der Waals surface area contributed by atoms with Crippen LogP contribution < -0.4 is 0 Å². The van der Waals surface area contributed by atoms with Crippen LogP contribution in [-0.4, -0.2) is 39.0 Å². The Kier molecular flexibility index (Phi) is 6.15. The molecular formula is C21H16F3N5O2. The predicted molar refractivity (Wildman–Crippen MR) is 108 cm³/mol. The van der Waals surface area contributed by atoms with E-state index in [9.17, 15) is 13.2 Å². The highest BCUT2D eigenvalue weighted by molar-refractivity contribution is 6.17. The molecule has 2 aliphatic heterocycles. The molecule has 2 aliphatic rings. The summed E-state index contributed by atoms with van der Waals surface area (Å²) in [6.45, 7) is 2.03. The van der Waals surface area contributed by atoms with Crippen molar-refractivity contribution < 1.29 is 23.1 Å². The minimum absolute atomic E-state index is 0.422. The molecule has 0 amide bonds. The Balaban J connectivity index is 0.000000339. The summed E-state index contributed by atoms with van der Waals surface area (Å²) < 4.78 is 33.6. The standard InChI is InChI=1S/C19H15N5.C2HF3O2/c1-13-10-14(4-7-20)2-3-18(13)24-12-15(11-23-24)19-16-5-8-21-17(16)6-9-22-19;3-2(4,5)1(6)7/h2-3,5,8-12H,4,6H2,1H3;(H,6,7). The lowest BCUT2D eigenvalue weighted by molar-refractivity contribution is -0.192. The van der Waals surface area contributed by atoms with Crippen LogP contribution >= 0.6 is 0 Å². The van der Waals surface area contributed by atoms with Gasteiger partial charge in [-0.25, -0.2) is 9.48 Å². The summed E-state index contributed by atoms with van der Waals surface area (Å²) in [4.78, 5) is 17.8. The molecule has 0 saturated heterocycles. The van der Waals surface area contributed by atoms with Gasteiger partial charge in [0.15, 0.2) is 0 Å².